The molecular weight excluding hydrogens is 306 g/mol. The molecule has 0 atom stereocenters. The molecule has 1 fully saturated rings. The highest BCUT2D eigenvalue weighted by atomic mass is 35.5. The molecule has 9 heteroatoms. The molecule has 1 saturated heterocycles. The summed E-state index contributed by atoms with van der Waals surface area (Å²) in [5.41, 5.74) is -0.571. The number of aromatic nitrogens is 1. The van der Waals surface area contributed by atoms with E-state index in [0.29, 0.717) is 13.1 Å². The second-order valence-electron chi connectivity index (χ2n) is 4.42. The lowest BCUT2D eigenvalue weighted by molar-refractivity contribution is -0.128. The molecule has 1 aromatic rings. The van der Waals surface area contributed by atoms with E-state index in [-0.39, 0.29) is 22.4 Å². The van der Waals surface area contributed by atoms with Crippen LogP contribution in [-0.2, 0) is 14.8 Å². The van der Waals surface area contributed by atoms with Crippen molar-refractivity contribution >= 4 is 27.5 Å². The molecule has 0 aliphatic carbocycles. The highest BCUT2D eigenvalue weighted by Crippen LogP contribution is 2.11. The normalized spacial score (nSPS) is 15.6. The van der Waals surface area contributed by atoms with Gasteiger partial charge < -0.3 is 9.88 Å². The Kier molecular flexibility index (Phi) is 4.46. The molecular formula is C11H14ClN3O4S. The van der Waals surface area contributed by atoms with Gasteiger partial charge in [0, 0.05) is 19.3 Å². The summed E-state index contributed by atoms with van der Waals surface area (Å²) in [5.74, 6) is -0.262. The first kappa shape index (κ1) is 15.0. The zero-order chi connectivity index (χ0) is 14.8. The number of amides is 1. The number of carbonyl (C=O) groups is 1. The third-order valence-electron chi connectivity index (χ3n) is 3.01. The molecule has 20 heavy (non-hydrogen) atoms. The van der Waals surface area contributed by atoms with Gasteiger partial charge in [0.15, 0.2) is 0 Å². The van der Waals surface area contributed by atoms with Gasteiger partial charge in [0.25, 0.3) is 5.56 Å². The lowest BCUT2D eigenvalue weighted by Crippen LogP contribution is -2.38. The van der Waals surface area contributed by atoms with Gasteiger partial charge in [-0.1, -0.05) is 11.6 Å². The first-order valence-electron chi connectivity index (χ1n) is 6.06. The highest BCUT2D eigenvalue weighted by molar-refractivity contribution is 7.89. The predicted molar refractivity (Wildman–Crippen MR) is 73.1 cm³/mol. The number of H-pyrrole nitrogens is 1. The molecule has 0 saturated carbocycles. The Balaban J connectivity index is 2.05. The monoisotopic (exact) mass is 319 g/mol. The Bertz CT molecular complexity index is 664. The molecule has 0 bridgehead atoms. The highest BCUT2D eigenvalue weighted by Gasteiger charge is 2.21. The largest absolute Gasteiger partial charge is 0.342 e. The van der Waals surface area contributed by atoms with Crippen molar-refractivity contribution in [2.75, 3.05) is 19.6 Å². The van der Waals surface area contributed by atoms with Crippen molar-refractivity contribution in [2.24, 2.45) is 0 Å². The molecule has 0 spiro atoms. The van der Waals surface area contributed by atoms with Gasteiger partial charge in [-0.25, -0.2) is 13.1 Å². The Morgan fingerprint density at radius 2 is 2.05 bits per heavy atom. The quantitative estimate of drug-likeness (QED) is 0.811. The van der Waals surface area contributed by atoms with Crippen LogP contribution in [0.1, 0.15) is 12.8 Å². The van der Waals surface area contributed by atoms with E-state index in [9.17, 15) is 18.0 Å². The lowest BCUT2D eigenvalue weighted by Gasteiger charge is -2.15. The maximum absolute atomic E-state index is 12.0. The summed E-state index contributed by atoms with van der Waals surface area (Å²) in [4.78, 5) is 26.5. The maximum atomic E-state index is 12.0. The molecule has 1 amide bonds. The van der Waals surface area contributed by atoms with E-state index in [2.05, 4.69) is 9.71 Å². The first-order chi connectivity index (χ1) is 9.40. The number of halogens is 1. The summed E-state index contributed by atoms with van der Waals surface area (Å²) in [6, 6.07) is 1.04. The van der Waals surface area contributed by atoms with Gasteiger partial charge in [0.05, 0.1) is 11.4 Å². The smallest absolute Gasteiger partial charge is 0.266 e. The van der Waals surface area contributed by atoms with Crippen LogP contribution in [0.25, 0.3) is 0 Å². The van der Waals surface area contributed by atoms with Crippen molar-refractivity contribution < 1.29 is 13.2 Å². The van der Waals surface area contributed by atoms with E-state index >= 15 is 0 Å². The van der Waals surface area contributed by atoms with Gasteiger partial charge in [-0.3, -0.25) is 9.59 Å². The standard InChI is InChI=1S/C11H14ClN3O4S/c12-9-5-8(6-13-11(9)17)20(18,19)14-7-10(16)15-3-1-2-4-15/h5-6,14H,1-4,7H2,(H,13,17). The number of nitrogens with zero attached hydrogens (tertiary/aromatic N) is 1. The summed E-state index contributed by atoms with van der Waals surface area (Å²) < 4.78 is 26.1. The first-order valence-corrected chi connectivity index (χ1v) is 7.92. The van der Waals surface area contributed by atoms with Crippen LogP contribution < -0.4 is 10.3 Å². The minimum atomic E-state index is -3.88. The average Bonchev–Trinajstić information content (AvgIpc) is 2.93. The van der Waals surface area contributed by atoms with Crippen LogP contribution in [0.2, 0.25) is 5.02 Å². The minimum Gasteiger partial charge on any atom is -0.342 e. The van der Waals surface area contributed by atoms with E-state index in [1.54, 1.807) is 4.90 Å². The van der Waals surface area contributed by atoms with Gasteiger partial charge in [0.1, 0.15) is 5.02 Å². The number of rotatable bonds is 4. The lowest BCUT2D eigenvalue weighted by atomic mass is 10.4. The fraction of sp³-hybridized carbons (Fsp3) is 0.455. The van der Waals surface area contributed by atoms with Crippen molar-refractivity contribution in [2.45, 2.75) is 17.7 Å². The van der Waals surface area contributed by atoms with Crippen LogP contribution in [0.4, 0.5) is 0 Å². The van der Waals surface area contributed by atoms with Crippen molar-refractivity contribution in [3.05, 3.63) is 27.6 Å². The summed E-state index contributed by atoms with van der Waals surface area (Å²) in [6.45, 7) is 1.01. The zero-order valence-electron chi connectivity index (χ0n) is 10.6. The molecule has 1 aliphatic heterocycles. The van der Waals surface area contributed by atoms with E-state index in [0.717, 1.165) is 25.1 Å². The van der Waals surface area contributed by atoms with Crippen molar-refractivity contribution in [1.82, 2.24) is 14.6 Å². The molecule has 7 nitrogen and oxygen atoms in total. The molecule has 1 aromatic heterocycles. The molecule has 2 heterocycles. The Morgan fingerprint density at radius 1 is 1.40 bits per heavy atom. The fourth-order valence-electron chi connectivity index (χ4n) is 1.91. The number of hydrogen-bond donors (Lipinski definition) is 2. The van der Waals surface area contributed by atoms with Gasteiger partial charge in [-0.2, -0.15) is 0 Å². The SMILES string of the molecule is O=C(CNS(=O)(=O)c1c[nH]c(=O)c(Cl)c1)N1CCCC1. The number of pyridine rings is 1. The number of hydrogen-bond acceptors (Lipinski definition) is 4. The van der Waals surface area contributed by atoms with E-state index in [1.807, 2.05) is 0 Å². The Labute approximate surface area is 121 Å². The van der Waals surface area contributed by atoms with Gasteiger partial charge in [0.2, 0.25) is 15.9 Å². The van der Waals surface area contributed by atoms with Crippen LogP contribution in [-0.4, -0.2) is 43.8 Å². The van der Waals surface area contributed by atoms with E-state index < -0.39 is 15.6 Å². The summed E-state index contributed by atoms with van der Waals surface area (Å²) in [6.07, 6.45) is 2.92. The van der Waals surface area contributed by atoms with Gasteiger partial charge in [-0.05, 0) is 18.9 Å². The number of likely N-dealkylation sites (tertiary alicyclic amines) is 1. The van der Waals surface area contributed by atoms with Crippen LogP contribution >= 0.6 is 11.6 Å². The molecule has 0 aromatic carbocycles. The van der Waals surface area contributed by atoms with Crippen LogP contribution in [0.15, 0.2) is 22.0 Å². The third kappa shape index (κ3) is 3.38. The number of nitrogens with one attached hydrogen (secondary N) is 2. The third-order valence-corrected chi connectivity index (χ3v) is 4.68. The summed E-state index contributed by atoms with van der Waals surface area (Å²) >= 11 is 5.58. The number of aromatic amines is 1. The van der Waals surface area contributed by atoms with E-state index in [1.165, 1.54) is 0 Å². The second kappa shape index (κ2) is 5.94. The molecule has 2 rings (SSSR count). The zero-order valence-corrected chi connectivity index (χ0v) is 12.1. The topological polar surface area (TPSA) is 99.3 Å². The van der Waals surface area contributed by atoms with Crippen LogP contribution in [0.5, 0.6) is 0 Å². The Morgan fingerprint density at radius 3 is 2.65 bits per heavy atom. The summed E-state index contributed by atoms with van der Waals surface area (Å²) in [7, 11) is -3.88. The molecule has 0 unspecified atom stereocenters. The number of carbonyl (C=O) groups excluding carboxylic acids is 1. The van der Waals surface area contributed by atoms with Crippen molar-refractivity contribution in [3.8, 4) is 0 Å². The molecule has 110 valence electrons. The van der Waals surface area contributed by atoms with Crippen molar-refractivity contribution in [3.63, 3.8) is 0 Å². The van der Waals surface area contributed by atoms with Crippen LogP contribution in [0.3, 0.4) is 0 Å². The average molecular weight is 320 g/mol. The second-order valence-corrected chi connectivity index (χ2v) is 6.60. The summed E-state index contributed by atoms with van der Waals surface area (Å²) in [5, 5.41) is -0.223. The van der Waals surface area contributed by atoms with Crippen molar-refractivity contribution in [1.29, 1.82) is 0 Å². The predicted octanol–water partition coefficient (Wildman–Crippen LogP) is -0.0710. The maximum Gasteiger partial charge on any atom is 0.266 e. The molecule has 0 radical (unpaired) electrons. The molecule has 1 aliphatic rings. The Hall–Kier alpha value is -1.38. The number of sulfonamides is 1. The minimum absolute atomic E-state index is 0.184. The fourth-order valence-corrected chi connectivity index (χ4v) is 3.12. The van der Waals surface area contributed by atoms with Crippen LogP contribution in [0, 0.1) is 0 Å². The molecule has 2 N–H and O–H groups in total. The van der Waals surface area contributed by atoms with E-state index in [4.69, 9.17) is 11.6 Å². The van der Waals surface area contributed by atoms with Gasteiger partial charge >= 0.3 is 0 Å². The van der Waals surface area contributed by atoms with Gasteiger partial charge in [-0.15, -0.1) is 0 Å².